The van der Waals surface area contributed by atoms with Gasteiger partial charge in [-0.1, -0.05) is 77.8 Å². The smallest absolute Gasteiger partial charge is 0.161 e. The number of allylic oxidation sites excluding steroid dienone is 1. The Morgan fingerprint density at radius 2 is 1.75 bits per heavy atom. The molecule has 0 aliphatic rings. The Labute approximate surface area is 197 Å². The van der Waals surface area contributed by atoms with Crippen LogP contribution in [0.5, 0.6) is 11.5 Å². The fourth-order valence-electron chi connectivity index (χ4n) is 3.51. The summed E-state index contributed by atoms with van der Waals surface area (Å²) < 4.78 is 11.6. The van der Waals surface area contributed by atoms with Crippen molar-refractivity contribution in [2.75, 3.05) is 7.11 Å². The molecule has 0 radical (unpaired) electrons. The highest BCUT2D eigenvalue weighted by Gasteiger charge is 2.10. The van der Waals surface area contributed by atoms with Crippen molar-refractivity contribution in [3.8, 4) is 17.6 Å². The standard InChI is InChI=1S/C27H19Cl2NO2/c1-31-27-14-18(13-21(16-30)24-11-10-22(28)15-25(24)29)9-12-26(27)32-17-20-7-4-6-19-5-2-3-8-23(19)20/h2-15H,17H2,1H3/b21-13+. The lowest BCUT2D eigenvalue weighted by Crippen LogP contribution is -1.99. The lowest BCUT2D eigenvalue weighted by Gasteiger charge is -2.13. The SMILES string of the molecule is COc1cc(/C=C(\C#N)c2ccc(Cl)cc2Cl)ccc1OCc1cccc2ccccc12. The predicted molar refractivity (Wildman–Crippen MR) is 131 cm³/mol. The Kier molecular flexibility index (Phi) is 6.66. The zero-order valence-corrected chi connectivity index (χ0v) is 18.8. The fourth-order valence-corrected chi connectivity index (χ4v) is 4.02. The Balaban J connectivity index is 1.60. The van der Waals surface area contributed by atoms with Crippen molar-refractivity contribution in [2.24, 2.45) is 0 Å². The molecule has 3 nitrogen and oxygen atoms in total. The van der Waals surface area contributed by atoms with Crippen LogP contribution in [0.4, 0.5) is 0 Å². The van der Waals surface area contributed by atoms with Gasteiger partial charge in [-0.25, -0.2) is 0 Å². The molecule has 4 rings (SSSR count). The summed E-state index contributed by atoms with van der Waals surface area (Å²) in [6.45, 7) is 0.413. The largest absolute Gasteiger partial charge is 0.493 e. The summed E-state index contributed by atoms with van der Waals surface area (Å²) in [6, 6.07) is 27.2. The first-order valence-corrected chi connectivity index (χ1v) is 10.7. The molecule has 0 unspecified atom stereocenters. The average molecular weight is 460 g/mol. The van der Waals surface area contributed by atoms with Crippen LogP contribution in [0, 0.1) is 11.3 Å². The summed E-state index contributed by atoms with van der Waals surface area (Å²) in [5, 5.41) is 12.9. The van der Waals surface area contributed by atoms with Gasteiger partial charge < -0.3 is 9.47 Å². The summed E-state index contributed by atoms with van der Waals surface area (Å²) >= 11 is 12.2. The number of ether oxygens (including phenoxy) is 2. The number of rotatable bonds is 6. The molecule has 0 fully saturated rings. The number of nitriles is 1. The third kappa shape index (κ3) is 4.73. The first kappa shape index (κ1) is 21.8. The molecule has 0 heterocycles. The van der Waals surface area contributed by atoms with E-state index in [9.17, 15) is 5.26 Å². The van der Waals surface area contributed by atoms with Gasteiger partial charge in [-0.15, -0.1) is 0 Å². The lowest BCUT2D eigenvalue weighted by molar-refractivity contribution is 0.285. The Morgan fingerprint density at radius 3 is 2.53 bits per heavy atom. The number of fused-ring (bicyclic) bond motifs is 1. The molecule has 0 bridgehead atoms. The maximum absolute atomic E-state index is 9.65. The van der Waals surface area contributed by atoms with Crippen molar-refractivity contribution in [1.82, 2.24) is 0 Å². The van der Waals surface area contributed by atoms with Gasteiger partial charge in [-0.2, -0.15) is 5.26 Å². The van der Waals surface area contributed by atoms with Gasteiger partial charge in [0.05, 0.1) is 23.8 Å². The van der Waals surface area contributed by atoms with E-state index in [1.165, 1.54) is 5.39 Å². The number of nitrogens with zero attached hydrogens (tertiary/aromatic N) is 1. The normalized spacial score (nSPS) is 11.2. The summed E-state index contributed by atoms with van der Waals surface area (Å²) in [7, 11) is 1.59. The van der Waals surface area contributed by atoms with E-state index in [4.69, 9.17) is 32.7 Å². The third-order valence-corrected chi connectivity index (χ3v) is 5.65. The minimum atomic E-state index is 0.413. The van der Waals surface area contributed by atoms with Crippen LogP contribution in [0.25, 0.3) is 22.4 Å². The van der Waals surface area contributed by atoms with E-state index in [0.29, 0.717) is 39.3 Å². The summed E-state index contributed by atoms with van der Waals surface area (Å²) in [5.41, 5.74) is 2.94. The molecule has 0 saturated heterocycles. The first-order chi connectivity index (χ1) is 15.6. The highest BCUT2D eigenvalue weighted by Crippen LogP contribution is 2.33. The Bertz CT molecular complexity index is 1350. The van der Waals surface area contributed by atoms with E-state index in [2.05, 4.69) is 30.3 Å². The zero-order valence-electron chi connectivity index (χ0n) is 17.3. The van der Waals surface area contributed by atoms with E-state index in [0.717, 1.165) is 16.5 Å². The van der Waals surface area contributed by atoms with Crippen molar-refractivity contribution in [3.05, 3.63) is 106 Å². The van der Waals surface area contributed by atoms with Gasteiger partial charge in [-0.05, 0) is 52.2 Å². The van der Waals surface area contributed by atoms with Gasteiger partial charge in [0, 0.05) is 10.6 Å². The molecule has 0 atom stereocenters. The van der Waals surface area contributed by atoms with E-state index < -0.39 is 0 Å². The maximum Gasteiger partial charge on any atom is 0.161 e. The third-order valence-electron chi connectivity index (χ3n) is 5.10. The number of methoxy groups -OCH3 is 1. The molecule has 0 N–H and O–H groups in total. The fraction of sp³-hybridized carbons (Fsp3) is 0.0741. The molecular formula is C27H19Cl2NO2. The Hall–Kier alpha value is -3.45. The number of hydrogen-bond donors (Lipinski definition) is 0. The van der Waals surface area contributed by atoms with E-state index in [1.54, 1.807) is 31.4 Å². The van der Waals surface area contributed by atoms with Gasteiger partial charge in [0.25, 0.3) is 0 Å². The van der Waals surface area contributed by atoms with Crippen LogP contribution >= 0.6 is 23.2 Å². The minimum absolute atomic E-state index is 0.413. The molecule has 0 aliphatic carbocycles. The second-order valence-electron chi connectivity index (χ2n) is 7.13. The van der Waals surface area contributed by atoms with Crippen LogP contribution < -0.4 is 9.47 Å². The topological polar surface area (TPSA) is 42.2 Å². The van der Waals surface area contributed by atoms with Gasteiger partial charge in [0.1, 0.15) is 6.61 Å². The summed E-state index contributed by atoms with van der Waals surface area (Å²) in [6.07, 6.45) is 1.76. The van der Waals surface area contributed by atoms with Crippen LogP contribution in [0.2, 0.25) is 10.0 Å². The average Bonchev–Trinajstić information content (AvgIpc) is 2.82. The van der Waals surface area contributed by atoms with Crippen molar-refractivity contribution >= 4 is 45.6 Å². The summed E-state index contributed by atoms with van der Waals surface area (Å²) in [4.78, 5) is 0. The van der Waals surface area contributed by atoms with E-state index in [-0.39, 0.29) is 0 Å². The molecule has 0 amide bonds. The molecule has 32 heavy (non-hydrogen) atoms. The summed E-state index contributed by atoms with van der Waals surface area (Å²) in [5.74, 6) is 1.21. The molecule has 0 aromatic heterocycles. The molecule has 0 saturated carbocycles. The van der Waals surface area contributed by atoms with Crippen LogP contribution in [0.3, 0.4) is 0 Å². The number of halogens is 2. The van der Waals surface area contributed by atoms with Crippen LogP contribution in [0.1, 0.15) is 16.7 Å². The van der Waals surface area contributed by atoms with Crippen molar-refractivity contribution in [3.63, 3.8) is 0 Å². The zero-order chi connectivity index (χ0) is 22.5. The van der Waals surface area contributed by atoms with Gasteiger partial charge in [-0.3, -0.25) is 0 Å². The van der Waals surface area contributed by atoms with Crippen molar-refractivity contribution < 1.29 is 9.47 Å². The molecule has 4 aromatic rings. The molecule has 5 heteroatoms. The monoisotopic (exact) mass is 459 g/mol. The van der Waals surface area contributed by atoms with Crippen molar-refractivity contribution in [1.29, 1.82) is 5.26 Å². The molecule has 158 valence electrons. The highest BCUT2D eigenvalue weighted by molar-refractivity contribution is 6.36. The highest BCUT2D eigenvalue weighted by atomic mass is 35.5. The second-order valence-corrected chi connectivity index (χ2v) is 7.97. The molecule has 0 spiro atoms. The Morgan fingerprint density at radius 1 is 0.938 bits per heavy atom. The quantitative estimate of drug-likeness (QED) is 0.218. The predicted octanol–water partition coefficient (Wildman–Crippen LogP) is 7.80. The molecule has 0 aliphatic heterocycles. The van der Waals surface area contributed by atoms with Crippen LogP contribution in [-0.4, -0.2) is 7.11 Å². The maximum atomic E-state index is 9.65. The van der Waals surface area contributed by atoms with Crippen LogP contribution in [0.15, 0.2) is 78.9 Å². The van der Waals surface area contributed by atoms with Crippen molar-refractivity contribution in [2.45, 2.75) is 6.61 Å². The van der Waals surface area contributed by atoms with E-state index in [1.807, 2.05) is 36.4 Å². The molecule has 4 aromatic carbocycles. The van der Waals surface area contributed by atoms with Gasteiger partial charge in [0.2, 0.25) is 0 Å². The van der Waals surface area contributed by atoms with Gasteiger partial charge >= 0.3 is 0 Å². The van der Waals surface area contributed by atoms with Gasteiger partial charge in [0.15, 0.2) is 11.5 Å². The molecular weight excluding hydrogens is 441 g/mol. The van der Waals surface area contributed by atoms with Crippen LogP contribution in [-0.2, 0) is 6.61 Å². The first-order valence-electron chi connectivity index (χ1n) is 9.94. The lowest BCUT2D eigenvalue weighted by atomic mass is 10.0. The second kappa shape index (κ2) is 9.78. The minimum Gasteiger partial charge on any atom is -0.493 e. The number of benzene rings is 4. The number of hydrogen-bond acceptors (Lipinski definition) is 3. The van der Waals surface area contributed by atoms with E-state index >= 15 is 0 Å².